The molecular weight excluding hydrogens is 252 g/mol. The van der Waals surface area contributed by atoms with Gasteiger partial charge in [-0.2, -0.15) is 10.2 Å². The lowest BCUT2D eigenvalue weighted by atomic mass is 10.2. The molecule has 1 aromatic heterocycles. The summed E-state index contributed by atoms with van der Waals surface area (Å²) in [5.74, 6) is -1.12. The smallest absolute Gasteiger partial charge is 0.326 e. The first-order valence-corrected chi connectivity index (χ1v) is 5.80. The largest absolute Gasteiger partial charge is 0.480 e. The zero-order valence-electron chi connectivity index (χ0n) is 10.1. The van der Waals surface area contributed by atoms with Crippen LogP contribution in [0.1, 0.15) is 12.1 Å². The average molecular weight is 266 g/mol. The summed E-state index contributed by atoms with van der Waals surface area (Å²) in [6.45, 7) is 0.175. The second-order valence-corrected chi connectivity index (χ2v) is 4.27. The highest BCUT2D eigenvalue weighted by atomic mass is 16.4. The minimum absolute atomic E-state index is 0.0171. The third kappa shape index (κ3) is 3.16. The molecule has 1 saturated heterocycles. The van der Waals surface area contributed by atoms with Gasteiger partial charge in [-0.25, -0.2) is 9.59 Å². The second kappa shape index (κ2) is 5.61. The highest BCUT2D eigenvalue weighted by Gasteiger charge is 2.38. The summed E-state index contributed by atoms with van der Waals surface area (Å²) in [5, 5.41) is 28.4. The van der Waals surface area contributed by atoms with Crippen molar-refractivity contribution < 1.29 is 19.8 Å². The van der Waals surface area contributed by atoms with E-state index in [0.29, 0.717) is 5.69 Å². The Morgan fingerprint density at radius 3 is 2.95 bits per heavy atom. The molecule has 0 saturated carbocycles. The van der Waals surface area contributed by atoms with Gasteiger partial charge in [0.05, 0.1) is 18.3 Å². The number of β-amino-alcohol motifs (C(OH)–C–C–N with tert-alkyl or cyclic N) is 1. The van der Waals surface area contributed by atoms with Crippen LogP contribution in [0.15, 0.2) is 18.3 Å². The normalized spacial score (nSPS) is 22.3. The van der Waals surface area contributed by atoms with E-state index >= 15 is 0 Å². The van der Waals surface area contributed by atoms with Gasteiger partial charge in [0, 0.05) is 19.2 Å². The monoisotopic (exact) mass is 266 g/mol. The molecule has 19 heavy (non-hydrogen) atoms. The van der Waals surface area contributed by atoms with Crippen LogP contribution < -0.4 is 5.32 Å². The van der Waals surface area contributed by atoms with E-state index in [0.717, 1.165) is 4.90 Å². The molecule has 1 aliphatic rings. The Balaban J connectivity index is 1.94. The Morgan fingerprint density at radius 2 is 2.32 bits per heavy atom. The van der Waals surface area contributed by atoms with Crippen molar-refractivity contribution in [2.75, 3.05) is 6.54 Å². The fourth-order valence-corrected chi connectivity index (χ4v) is 1.97. The number of aliphatic carboxylic acids is 1. The van der Waals surface area contributed by atoms with E-state index < -0.39 is 24.1 Å². The summed E-state index contributed by atoms with van der Waals surface area (Å²) < 4.78 is 0. The highest BCUT2D eigenvalue weighted by molar-refractivity contribution is 5.83. The minimum atomic E-state index is -1.12. The Bertz CT molecular complexity index is 467. The van der Waals surface area contributed by atoms with Gasteiger partial charge >= 0.3 is 12.0 Å². The van der Waals surface area contributed by atoms with Crippen molar-refractivity contribution >= 4 is 12.0 Å². The van der Waals surface area contributed by atoms with Gasteiger partial charge in [0.2, 0.25) is 0 Å². The number of aliphatic hydroxyl groups is 1. The summed E-state index contributed by atoms with van der Waals surface area (Å²) in [6, 6.07) is 1.86. The molecule has 2 rings (SSSR count). The molecule has 8 heteroatoms. The maximum absolute atomic E-state index is 11.9. The number of nitrogens with one attached hydrogen (secondary N) is 1. The van der Waals surface area contributed by atoms with Crippen molar-refractivity contribution in [3.63, 3.8) is 0 Å². The van der Waals surface area contributed by atoms with Crippen LogP contribution in [0.3, 0.4) is 0 Å². The molecule has 2 atom stereocenters. The fraction of sp³-hybridized carbons (Fsp3) is 0.455. The van der Waals surface area contributed by atoms with E-state index in [1.54, 1.807) is 12.1 Å². The van der Waals surface area contributed by atoms with Gasteiger partial charge in [0.15, 0.2) is 0 Å². The second-order valence-electron chi connectivity index (χ2n) is 4.27. The van der Waals surface area contributed by atoms with Crippen LogP contribution in [0.2, 0.25) is 0 Å². The van der Waals surface area contributed by atoms with E-state index in [1.807, 2.05) is 0 Å². The number of likely N-dealkylation sites (tertiary alicyclic amines) is 1. The maximum atomic E-state index is 11.9. The van der Waals surface area contributed by atoms with Gasteiger partial charge in [0.1, 0.15) is 6.04 Å². The van der Waals surface area contributed by atoms with E-state index in [9.17, 15) is 14.7 Å². The fourth-order valence-electron chi connectivity index (χ4n) is 1.97. The molecule has 0 aromatic carbocycles. The number of urea groups is 1. The van der Waals surface area contributed by atoms with Crippen molar-refractivity contribution in [1.29, 1.82) is 0 Å². The molecule has 1 aromatic rings. The van der Waals surface area contributed by atoms with Crippen LogP contribution in [0.5, 0.6) is 0 Å². The van der Waals surface area contributed by atoms with Gasteiger partial charge in [-0.3, -0.25) is 0 Å². The predicted molar refractivity (Wildman–Crippen MR) is 63.0 cm³/mol. The minimum Gasteiger partial charge on any atom is -0.480 e. The zero-order chi connectivity index (χ0) is 13.8. The van der Waals surface area contributed by atoms with Gasteiger partial charge < -0.3 is 20.4 Å². The van der Waals surface area contributed by atoms with Crippen molar-refractivity contribution in [3.05, 3.63) is 24.0 Å². The molecule has 102 valence electrons. The van der Waals surface area contributed by atoms with E-state index in [4.69, 9.17) is 5.11 Å². The van der Waals surface area contributed by atoms with Gasteiger partial charge in [-0.05, 0) is 12.1 Å². The first-order chi connectivity index (χ1) is 9.08. The Kier molecular flexibility index (Phi) is 3.91. The molecule has 0 bridgehead atoms. The number of rotatable bonds is 3. The Morgan fingerprint density at radius 1 is 1.53 bits per heavy atom. The number of hydrogen-bond donors (Lipinski definition) is 3. The summed E-state index contributed by atoms with van der Waals surface area (Å²) in [6.07, 6.45) is 0.764. The zero-order valence-corrected chi connectivity index (χ0v) is 10.1. The average Bonchev–Trinajstić information content (AvgIpc) is 2.79. The number of amides is 2. The lowest BCUT2D eigenvalue weighted by Crippen LogP contribution is -2.46. The highest BCUT2D eigenvalue weighted by Crippen LogP contribution is 2.18. The van der Waals surface area contributed by atoms with Crippen molar-refractivity contribution in [2.45, 2.75) is 25.1 Å². The lowest BCUT2D eigenvalue weighted by Gasteiger charge is -2.21. The number of aliphatic hydroxyl groups excluding tert-OH is 1. The topological polar surface area (TPSA) is 116 Å². The molecule has 3 N–H and O–H groups in total. The van der Waals surface area contributed by atoms with Crippen LogP contribution >= 0.6 is 0 Å². The van der Waals surface area contributed by atoms with Crippen molar-refractivity contribution in [3.8, 4) is 0 Å². The molecule has 1 fully saturated rings. The molecule has 0 spiro atoms. The number of carbonyl (C=O) groups is 2. The van der Waals surface area contributed by atoms with E-state index in [-0.39, 0.29) is 19.5 Å². The maximum Gasteiger partial charge on any atom is 0.326 e. The number of aromatic nitrogens is 2. The molecule has 2 amide bonds. The number of hydrogen-bond acceptors (Lipinski definition) is 5. The predicted octanol–water partition coefficient (Wildman–Crippen LogP) is -0.794. The Labute approximate surface area is 109 Å². The molecule has 0 aliphatic carbocycles. The molecule has 2 unspecified atom stereocenters. The van der Waals surface area contributed by atoms with Crippen LogP contribution in [0.25, 0.3) is 0 Å². The van der Waals surface area contributed by atoms with Crippen LogP contribution in [0.4, 0.5) is 4.79 Å². The number of nitrogens with zero attached hydrogens (tertiary/aromatic N) is 3. The SMILES string of the molecule is O=C(O)C1CC(O)CN1C(=O)NCc1cccnn1. The van der Waals surface area contributed by atoms with Gasteiger partial charge in [0.25, 0.3) is 0 Å². The number of carbonyl (C=O) groups excluding carboxylic acids is 1. The summed E-state index contributed by atoms with van der Waals surface area (Å²) in [5.41, 5.74) is 0.572. The number of carboxylic acids is 1. The molecular formula is C11H14N4O4. The van der Waals surface area contributed by atoms with Crippen molar-refractivity contribution in [2.24, 2.45) is 0 Å². The quantitative estimate of drug-likeness (QED) is 0.660. The standard InChI is InChI=1S/C11H14N4O4/c16-8-4-9(10(17)18)15(6-8)11(19)12-5-7-2-1-3-13-14-7/h1-3,8-9,16H,4-6H2,(H,12,19)(H,17,18). The van der Waals surface area contributed by atoms with Gasteiger partial charge in [-0.1, -0.05) is 0 Å². The van der Waals surface area contributed by atoms with E-state index in [1.165, 1.54) is 6.20 Å². The van der Waals surface area contributed by atoms with Crippen molar-refractivity contribution in [1.82, 2.24) is 20.4 Å². The molecule has 8 nitrogen and oxygen atoms in total. The lowest BCUT2D eigenvalue weighted by molar-refractivity contribution is -0.141. The summed E-state index contributed by atoms with van der Waals surface area (Å²) in [7, 11) is 0. The summed E-state index contributed by atoms with van der Waals surface area (Å²) in [4.78, 5) is 24.0. The van der Waals surface area contributed by atoms with Crippen LogP contribution in [-0.2, 0) is 11.3 Å². The number of carboxylic acid groups (broad SMARTS) is 1. The summed E-state index contributed by atoms with van der Waals surface area (Å²) >= 11 is 0. The molecule has 0 radical (unpaired) electrons. The third-order valence-corrected chi connectivity index (χ3v) is 2.87. The van der Waals surface area contributed by atoms with Crippen LogP contribution in [-0.4, -0.2) is 56.0 Å². The Hall–Kier alpha value is -2.22. The molecule has 1 aliphatic heterocycles. The third-order valence-electron chi connectivity index (χ3n) is 2.87. The first kappa shape index (κ1) is 13.2. The van der Waals surface area contributed by atoms with E-state index in [2.05, 4.69) is 15.5 Å². The first-order valence-electron chi connectivity index (χ1n) is 5.80. The molecule has 2 heterocycles. The van der Waals surface area contributed by atoms with Crippen LogP contribution in [0, 0.1) is 0 Å². The van der Waals surface area contributed by atoms with Gasteiger partial charge in [-0.15, -0.1) is 0 Å².